The molecule has 18 heavy (non-hydrogen) atoms. The molecular formula is C15H19BrN2. The summed E-state index contributed by atoms with van der Waals surface area (Å²) in [5.74, 6) is 0. The lowest BCUT2D eigenvalue weighted by atomic mass is 10.1. The van der Waals surface area contributed by atoms with Crippen molar-refractivity contribution in [3.63, 3.8) is 0 Å². The second-order valence-corrected chi connectivity index (χ2v) is 5.38. The van der Waals surface area contributed by atoms with Gasteiger partial charge in [-0.05, 0) is 28.4 Å². The van der Waals surface area contributed by atoms with Crippen LogP contribution in [0.4, 0.5) is 0 Å². The summed E-state index contributed by atoms with van der Waals surface area (Å²) in [6.45, 7) is 2.22. The zero-order chi connectivity index (χ0) is 13.0. The predicted molar refractivity (Wildman–Crippen MR) is 80.8 cm³/mol. The quantitative estimate of drug-likeness (QED) is 0.582. The van der Waals surface area contributed by atoms with E-state index in [2.05, 4.69) is 52.2 Å². The maximum absolute atomic E-state index is 4.56. The van der Waals surface area contributed by atoms with E-state index in [9.17, 15) is 0 Å². The minimum Gasteiger partial charge on any atom is -0.271 e. The van der Waals surface area contributed by atoms with Crippen LogP contribution in [0, 0.1) is 0 Å². The highest BCUT2D eigenvalue weighted by atomic mass is 79.9. The molecule has 0 N–H and O–H groups in total. The Labute approximate surface area is 117 Å². The van der Waals surface area contributed by atoms with Gasteiger partial charge in [0.25, 0.3) is 0 Å². The van der Waals surface area contributed by atoms with E-state index in [0.717, 1.165) is 16.4 Å². The van der Waals surface area contributed by atoms with Crippen LogP contribution in [-0.4, -0.2) is 9.78 Å². The summed E-state index contributed by atoms with van der Waals surface area (Å²) in [5, 5.41) is 5.81. The Balaban J connectivity index is 2.20. The Bertz CT molecular complexity index is 555. The molecule has 0 fully saturated rings. The van der Waals surface area contributed by atoms with Gasteiger partial charge in [-0.1, -0.05) is 44.1 Å². The molecule has 0 aliphatic carbocycles. The molecule has 1 heterocycles. The Morgan fingerprint density at radius 1 is 1.33 bits per heavy atom. The van der Waals surface area contributed by atoms with Crippen molar-refractivity contribution in [1.29, 1.82) is 0 Å². The van der Waals surface area contributed by atoms with Gasteiger partial charge in [-0.3, -0.25) is 4.68 Å². The van der Waals surface area contributed by atoms with Crippen molar-refractivity contribution in [1.82, 2.24) is 9.78 Å². The fourth-order valence-corrected chi connectivity index (χ4v) is 2.56. The first kappa shape index (κ1) is 13.3. The van der Waals surface area contributed by atoms with Gasteiger partial charge in [-0.2, -0.15) is 5.10 Å². The summed E-state index contributed by atoms with van der Waals surface area (Å²) in [6, 6.07) is 6.25. The normalized spacial score (nSPS) is 11.7. The molecule has 0 amide bonds. The van der Waals surface area contributed by atoms with Crippen LogP contribution in [-0.2, 0) is 13.5 Å². The second kappa shape index (κ2) is 6.19. The molecule has 0 saturated carbocycles. The molecule has 0 saturated heterocycles. The lowest BCUT2D eigenvalue weighted by molar-refractivity contribution is 0.736. The van der Waals surface area contributed by atoms with Gasteiger partial charge in [-0.25, -0.2) is 0 Å². The molecule has 3 heteroatoms. The summed E-state index contributed by atoms with van der Waals surface area (Å²) < 4.78 is 3.05. The molecule has 1 aromatic carbocycles. The third kappa shape index (κ3) is 2.83. The van der Waals surface area contributed by atoms with Crippen molar-refractivity contribution >= 4 is 26.8 Å². The SMILES string of the molecule is CCCCC=CCc1c2cccc(Br)c2nn1C. The summed E-state index contributed by atoms with van der Waals surface area (Å²) in [7, 11) is 2.02. The van der Waals surface area contributed by atoms with Crippen molar-refractivity contribution < 1.29 is 0 Å². The number of hydrogen-bond donors (Lipinski definition) is 0. The highest BCUT2D eigenvalue weighted by Crippen LogP contribution is 2.25. The molecule has 0 bridgehead atoms. The van der Waals surface area contributed by atoms with E-state index < -0.39 is 0 Å². The van der Waals surface area contributed by atoms with Crippen LogP contribution in [0.3, 0.4) is 0 Å². The summed E-state index contributed by atoms with van der Waals surface area (Å²) in [5.41, 5.74) is 2.33. The number of rotatable bonds is 5. The Morgan fingerprint density at radius 3 is 2.94 bits per heavy atom. The van der Waals surface area contributed by atoms with Crippen LogP contribution in [0.2, 0.25) is 0 Å². The Hall–Kier alpha value is -1.09. The molecule has 2 aromatic rings. The van der Waals surface area contributed by atoms with Crippen LogP contribution < -0.4 is 0 Å². The summed E-state index contributed by atoms with van der Waals surface area (Å²) in [4.78, 5) is 0. The summed E-state index contributed by atoms with van der Waals surface area (Å²) >= 11 is 3.55. The monoisotopic (exact) mass is 306 g/mol. The number of aromatic nitrogens is 2. The number of aryl methyl sites for hydroxylation is 1. The Morgan fingerprint density at radius 2 is 2.17 bits per heavy atom. The van der Waals surface area contributed by atoms with Crippen molar-refractivity contribution in [3.8, 4) is 0 Å². The molecule has 0 atom stereocenters. The fourth-order valence-electron chi connectivity index (χ4n) is 2.11. The number of allylic oxidation sites excluding steroid dienone is 2. The van der Waals surface area contributed by atoms with Crippen LogP contribution >= 0.6 is 15.9 Å². The van der Waals surface area contributed by atoms with E-state index in [4.69, 9.17) is 0 Å². The van der Waals surface area contributed by atoms with Gasteiger partial charge in [0.05, 0.1) is 0 Å². The highest BCUT2D eigenvalue weighted by Gasteiger charge is 2.09. The molecule has 1 aromatic heterocycles. The van der Waals surface area contributed by atoms with E-state index in [-0.39, 0.29) is 0 Å². The lowest BCUT2D eigenvalue weighted by Gasteiger charge is -1.98. The maximum Gasteiger partial charge on any atom is 0.107 e. The summed E-state index contributed by atoms with van der Waals surface area (Å²) in [6.07, 6.45) is 9.19. The topological polar surface area (TPSA) is 17.8 Å². The molecule has 96 valence electrons. The fraction of sp³-hybridized carbons (Fsp3) is 0.400. The van der Waals surface area contributed by atoms with Gasteiger partial charge in [0.15, 0.2) is 0 Å². The minimum absolute atomic E-state index is 0.952. The number of nitrogens with zero attached hydrogens (tertiary/aromatic N) is 2. The number of hydrogen-bond acceptors (Lipinski definition) is 1. The number of fused-ring (bicyclic) bond motifs is 1. The lowest BCUT2D eigenvalue weighted by Crippen LogP contribution is -1.96. The van der Waals surface area contributed by atoms with Crippen molar-refractivity contribution in [2.45, 2.75) is 32.6 Å². The van der Waals surface area contributed by atoms with Crippen LogP contribution in [0.25, 0.3) is 10.9 Å². The van der Waals surface area contributed by atoms with Gasteiger partial charge in [0, 0.05) is 29.0 Å². The highest BCUT2D eigenvalue weighted by molar-refractivity contribution is 9.10. The molecular weight excluding hydrogens is 288 g/mol. The van der Waals surface area contributed by atoms with E-state index >= 15 is 0 Å². The first-order valence-corrected chi connectivity index (χ1v) is 7.28. The van der Waals surface area contributed by atoms with Gasteiger partial charge in [0.1, 0.15) is 5.52 Å². The predicted octanol–water partition coefficient (Wildman–Crippen LogP) is 4.62. The molecule has 2 nitrogen and oxygen atoms in total. The zero-order valence-corrected chi connectivity index (χ0v) is 12.6. The molecule has 0 aliphatic heterocycles. The van der Waals surface area contributed by atoms with Crippen LogP contribution in [0.15, 0.2) is 34.8 Å². The molecule has 0 aliphatic rings. The Kier molecular flexibility index (Phi) is 4.59. The van der Waals surface area contributed by atoms with Crippen LogP contribution in [0.5, 0.6) is 0 Å². The molecule has 0 unspecified atom stereocenters. The van der Waals surface area contributed by atoms with E-state index in [0.29, 0.717) is 0 Å². The van der Waals surface area contributed by atoms with Crippen LogP contribution in [0.1, 0.15) is 31.9 Å². The average molecular weight is 307 g/mol. The second-order valence-electron chi connectivity index (χ2n) is 4.52. The van der Waals surface area contributed by atoms with E-state index in [1.807, 2.05) is 17.8 Å². The first-order valence-electron chi connectivity index (χ1n) is 6.49. The van der Waals surface area contributed by atoms with Crippen molar-refractivity contribution in [2.75, 3.05) is 0 Å². The van der Waals surface area contributed by atoms with E-state index in [1.165, 1.54) is 30.3 Å². The van der Waals surface area contributed by atoms with Crippen molar-refractivity contribution in [3.05, 3.63) is 40.5 Å². The van der Waals surface area contributed by atoms with Gasteiger partial charge in [-0.15, -0.1) is 0 Å². The van der Waals surface area contributed by atoms with Crippen molar-refractivity contribution in [2.24, 2.45) is 7.05 Å². The zero-order valence-electron chi connectivity index (χ0n) is 11.0. The smallest absolute Gasteiger partial charge is 0.107 e. The first-order chi connectivity index (χ1) is 8.74. The molecule has 0 radical (unpaired) electrons. The third-order valence-electron chi connectivity index (χ3n) is 3.14. The molecule has 2 rings (SSSR count). The minimum atomic E-state index is 0.952. The van der Waals surface area contributed by atoms with Gasteiger partial charge < -0.3 is 0 Å². The average Bonchev–Trinajstić information content (AvgIpc) is 2.68. The standard InChI is InChI=1S/C15H19BrN2/c1-3-4-5-6-7-11-14-12-9-8-10-13(16)15(12)17-18(14)2/h6-10H,3-5,11H2,1-2H3. The number of benzene rings is 1. The van der Waals surface area contributed by atoms with Gasteiger partial charge in [0.2, 0.25) is 0 Å². The maximum atomic E-state index is 4.56. The molecule has 0 spiro atoms. The number of unbranched alkanes of at least 4 members (excludes halogenated alkanes) is 2. The van der Waals surface area contributed by atoms with E-state index in [1.54, 1.807) is 0 Å². The van der Waals surface area contributed by atoms with Gasteiger partial charge >= 0.3 is 0 Å². The third-order valence-corrected chi connectivity index (χ3v) is 3.78. The number of halogens is 1. The largest absolute Gasteiger partial charge is 0.271 e.